The fraction of sp³-hybridized carbons (Fsp3) is 0.278. The second-order valence-corrected chi connectivity index (χ2v) is 8.02. The summed E-state index contributed by atoms with van der Waals surface area (Å²) >= 11 is 0. The fourth-order valence-corrected chi connectivity index (χ4v) is 4.33. The van der Waals surface area contributed by atoms with Gasteiger partial charge >= 0.3 is 0 Å². The highest BCUT2D eigenvalue weighted by molar-refractivity contribution is 7.92. The smallest absolute Gasteiger partial charge is 0.269 e. The zero-order chi connectivity index (χ0) is 18.0. The lowest BCUT2D eigenvalue weighted by molar-refractivity contribution is 0.0233. The van der Waals surface area contributed by atoms with E-state index < -0.39 is 10.0 Å². The topological polar surface area (TPSA) is 75.7 Å². The molecule has 1 N–H and O–H groups in total. The number of fused-ring (bicyclic) bond motifs is 1. The van der Waals surface area contributed by atoms with E-state index in [2.05, 4.69) is 5.48 Å². The van der Waals surface area contributed by atoms with Gasteiger partial charge in [-0.15, -0.1) is 0 Å². The third-order valence-electron chi connectivity index (χ3n) is 4.10. The van der Waals surface area contributed by atoms with Crippen molar-refractivity contribution in [3.05, 3.63) is 65.2 Å². The van der Waals surface area contributed by atoms with Crippen LogP contribution < -0.4 is 9.79 Å². The Hall–Kier alpha value is -2.38. The lowest BCUT2D eigenvalue weighted by Crippen LogP contribution is -2.34. The normalized spacial score (nSPS) is 16.6. The maximum Gasteiger partial charge on any atom is 0.274 e. The van der Waals surface area contributed by atoms with Crippen molar-refractivity contribution in [2.24, 2.45) is 0 Å². The van der Waals surface area contributed by atoms with E-state index in [-0.39, 0.29) is 18.6 Å². The number of carbonyl (C=O) groups is 1. The number of rotatable bonds is 5. The predicted molar refractivity (Wildman–Crippen MR) is 95.6 cm³/mol. The average Bonchev–Trinajstić information content (AvgIpc) is 2.90. The van der Waals surface area contributed by atoms with Crippen LogP contribution in [-0.2, 0) is 27.9 Å². The van der Waals surface area contributed by atoms with E-state index in [1.54, 1.807) is 18.2 Å². The number of nitrogens with zero attached hydrogens (tertiary/aromatic N) is 1. The largest absolute Gasteiger partial charge is 0.274 e. The van der Waals surface area contributed by atoms with E-state index in [1.807, 2.05) is 37.3 Å². The van der Waals surface area contributed by atoms with E-state index in [9.17, 15) is 13.2 Å². The van der Waals surface area contributed by atoms with Crippen molar-refractivity contribution >= 4 is 21.6 Å². The molecule has 1 aliphatic heterocycles. The number of amides is 1. The molecule has 0 spiro atoms. The molecule has 0 aliphatic carbocycles. The highest BCUT2D eigenvalue weighted by Crippen LogP contribution is 2.34. The standard InChI is InChI=1S/C18H20N2O4S/c1-13-10-16-11-15(8-9-17(16)20(13)25(2,22)23)18(21)19-24-12-14-6-4-3-5-7-14/h3-9,11,13H,10,12H2,1-2H3,(H,19,21). The van der Waals surface area contributed by atoms with E-state index in [4.69, 9.17) is 4.84 Å². The number of hydrogen-bond donors (Lipinski definition) is 1. The van der Waals surface area contributed by atoms with Gasteiger partial charge in [-0.1, -0.05) is 30.3 Å². The molecule has 1 heterocycles. The Kier molecular flexibility index (Phi) is 4.78. The third-order valence-corrected chi connectivity index (χ3v) is 5.37. The summed E-state index contributed by atoms with van der Waals surface area (Å²) in [6.45, 7) is 2.13. The second-order valence-electron chi connectivity index (χ2n) is 6.16. The molecule has 1 atom stereocenters. The van der Waals surface area contributed by atoms with Gasteiger partial charge in [-0.25, -0.2) is 13.9 Å². The molecule has 6 nitrogen and oxygen atoms in total. The quantitative estimate of drug-likeness (QED) is 0.830. The van der Waals surface area contributed by atoms with Gasteiger partial charge in [-0.05, 0) is 42.7 Å². The van der Waals surface area contributed by atoms with Crippen molar-refractivity contribution in [2.45, 2.75) is 26.0 Å². The molecule has 0 bridgehead atoms. The van der Waals surface area contributed by atoms with Crippen LogP contribution in [0.2, 0.25) is 0 Å². The number of hydrogen-bond acceptors (Lipinski definition) is 4. The van der Waals surface area contributed by atoms with Gasteiger partial charge in [0.05, 0.1) is 18.6 Å². The summed E-state index contributed by atoms with van der Waals surface area (Å²) in [5.41, 5.74) is 5.29. The van der Waals surface area contributed by atoms with E-state index in [0.29, 0.717) is 17.7 Å². The van der Waals surface area contributed by atoms with Crippen LogP contribution in [0.1, 0.15) is 28.4 Å². The van der Waals surface area contributed by atoms with E-state index in [0.717, 1.165) is 11.1 Å². The molecule has 0 saturated heterocycles. The number of nitrogens with one attached hydrogen (secondary N) is 1. The minimum atomic E-state index is -3.33. The van der Waals surface area contributed by atoms with Gasteiger partial charge in [0.2, 0.25) is 10.0 Å². The molecular formula is C18H20N2O4S. The Morgan fingerprint density at radius 1 is 1.24 bits per heavy atom. The molecule has 7 heteroatoms. The van der Waals surface area contributed by atoms with Gasteiger partial charge < -0.3 is 0 Å². The monoisotopic (exact) mass is 360 g/mol. The van der Waals surface area contributed by atoms with Crippen molar-refractivity contribution in [3.8, 4) is 0 Å². The Balaban J connectivity index is 1.68. The van der Waals surface area contributed by atoms with Crippen LogP contribution in [0.15, 0.2) is 48.5 Å². The highest BCUT2D eigenvalue weighted by atomic mass is 32.2. The Morgan fingerprint density at radius 2 is 1.96 bits per heavy atom. The summed E-state index contributed by atoms with van der Waals surface area (Å²) in [7, 11) is -3.33. The highest BCUT2D eigenvalue weighted by Gasteiger charge is 2.32. The zero-order valence-electron chi connectivity index (χ0n) is 14.1. The second kappa shape index (κ2) is 6.85. The molecule has 2 aromatic rings. The van der Waals surface area contributed by atoms with E-state index >= 15 is 0 Å². The first-order valence-corrected chi connectivity index (χ1v) is 9.79. The van der Waals surface area contributed by atoms with Crippen LogP contribution in [-0.4, -0.2) is 26.6 Å². The zero-order valence-corrected chi connectivity index (χ0v) is 14.9. The average molecular weight is 360 g/mol. The first-order chi connectivity index (χ1) is 11.9. The van der Waals surface area contributed by atoms with Gasteiger partial charge in [-0.3, -0.25) is 13.9 Å². The van der Waals surface area contributed by atoms with Crippen LogP contribution in [0.4, 0.5) is 5.69 Å². The summed E-state index contributed by atoms with van der Waals surface area (Å²) in [5.74, 6) is -0.357. The van der Waals surface area contributed by atoms with Crippen LogP contribution in [0, 0.1) is 0 Å². The fourth-order valence-electron chi connectivity index (χ4n) is 3.07. The summed E-state index contributed by atoms with van der Waals surface area (Å²) in [4.78, 5) is 17.5. The van der Waals surface area contributed by atoms with Gasteiger partial charge in [-0.2, -0.15) is 0 Å². The lowest BCUT2D eigenvalue weighted by atomic mass is 10.1. The van der Waals surface area contributed by atoms with Crippen LogP contribution in [0.25, 0.3) is 0 Å². The maximum absolute atomic E-state index is 12.2. The molecule has 1 aliphatic rings. The Morgan fingerprint density at radius 3 is 2.64 bits per heavy atom. The minimum Gasteiger partial charge on any atom is -0.269 e. The first-order valence-electron chi connectivity index (χ1n) is 7.94. The lowest BCUT2D eigenvalue weighted by Gasteiger charge is -2.21. The van der Waals surface area contributed by atoms with E-state index in [1.165, 1.54) is 10.6 Å². The Bertz CT molecular complexity index is 881. The van der Waals surface area contributed by atoms with Gasteiger partial charge in [0.25, 0.3) is 5.91 Å². The number of carbonyl (C=O) groups excluding carboxylic acids is 1. The molecule has 0 fully saturated rings. The molecule has 3 rings (SSSR count). The third kappa shape index (κ3) is 3.83. The Labute approximate surface area is 147 Å². The van der Waals surface area contributed by atoms with Crippen molar-refractivity contribution < 1.29 is 18.0 Å². The minimum absolute atomic E-state index is 0.155. The van der Waals surface area contributed by atoms with Crippen molar-refractivity contribution in [2.75, 3.05) is 10.6 Å². The summed E-state index contributed by atoms with van der Waals surface area (Å²) in [6.07, 6.45) is 1.77. The molecular weight excluding hydrogens is 340 g/mol. The molecule has 2 aromatic carbocycles. The maximum atomic E-state index is 12.2. The van der Waals surface area contributed by atoms with Crippen LogP contribution in [0.5, 0.6) is 0 Å². The number of sulfonamides is 1. The van der Waals surface area contributed by atoms with Crippen LogP contribution in [0.3, 0.4) is 0 Å². The van der Waals surface area contributed by atoms with Gasteiger partial charge in [0.15, 0.2) is 0 Å². The summed E-state index contributed by atoms with van der Waals surface area (Å²) in [5, 5.41) is 0. The summed E-state index contributed by atoms with van der Waals surface area (Å²) < 4.78 is 25.3. The number of benzene rings is 2. The summed E-state index contributed by atoms with van der Waals surface area (Å²) in [6, 6.07) is 14.4. The van der Waals surface area contributed by atoms with Crippen molar-refractivity contribution in [1.29, 1.82) is 0 Å². The molecule has 0 saturated carbocycles. The SMILES string of the molecule is CC1Cc2cc(C(=O)NOCc3ccccc3)ccc2N1S(C)(=O)=O. The molecule has 1 unspecified atom stereocenters. The van der Waals surface area contributed by atoms with Crippen LogP contribution >= 0.6 is 0 Å². The number of hydroxylamine groups is 1. The molecule has 132 valence electrons. The van der Waals surface area contributed by atoms with Crippen molar-refractivity contribution in [1.82, 2.24) is 5.48 Å². The predicted octanol–water partition coefficient (Wildman–Crippen LogP) is 2.26. The molecule has 0 radical (unpaired) electrons. The molecule has 25 heavy (non-hydrogen) atoms. The van der Waals surface area contributed by atoms with Gasteiger partial charge in [0.1, 0.15) is 0 Å². The van der Waals surface area contributed by atoms with Gasteiger partial charge in [0, 0.05) is 11.6 Å². The first kappa shape index (κ1) is 17.4. The van der Waals surface area contributed by atoms with Crippen molar-refractivity contribution in [3.63, 3.8) is 0 Å². The molecule has 1 amide bonds. The molecule has 0 aromatic heterocycles. The number of anilines is 1.